The summed E-state index contributed by atoms with van der Waals surface area (Å²) in [4.78, 5) is 26.9. The number of rotatable bonds is 4. The molecule has 2 heterocycles. The highest BCUT2D eigenvalue weighted by atomic mass is 32.1. The van der Waals surface area contributed by atoms with Gasteiger partial charge in [0.1, 0.15) is 23.6 Å². The predicted molar refractivity (Wildman–Crippen MR) is 69.4 cm³/mol. The van der Waals surface area contributed by atoms with Crippen LogP contribution in [0.3, 0.4) is 0 Å². The standard InChI is InChI=1S/C11H12N4O3S/c1-6-3-8(19-9(6)11(17)18)14-10(16)7(2)15-5-12-4-13-15/h3-5,7H,1-2H3,(H,14,16)(H,17,18). The minimum Gasteiger partial charge on any atom is -0.477 e. The minimum absolute atomic E-state index is 0.226. The number of hydrogen-bond acceptors (Lipinski definition) is 5. The molecule has 2 N–H and O–H groups in total. The Balaban J connectivity index is 2.11. The Morgan fingerprint density at radius 3 is 2.79 bits per heavy atom. The topological polar surface area (TPSA) is 97.1 Å². The molecule has 0 aliphatic carbocycles. The van der Waals surface area contributed by atoms with Gasteiger partial charge in [-0.3, -0.25) is 4.79 Å². The number of nitrogens with one attached hydrogen (secondary N) is 1. The quantitative estimate of drug-likeness (QED) is 0.885. The summed E-state index contributed by atoms with van der Waals surface area (Å²) in [6.45, 7) is 3.37. The molecule has 8 heteroatoms. The van der Waals surface area contributed by atoms with Gasteiger partial charge in [0.05, 0.1) is 5.00 Å². The number of carboxylic acids is 1. The number of carbonyl (C=O) groups excluding carboxylic acids is 1. The molecule has 2 aromatic heterocycles. The Hall–Kier alpha value is -2.22. The Bertz CT molecular complexity index is 605. The molecule has 0 spiro atoms. The van der Waals surface area contributed by atoms with Crippen molar-refractivity contribution in [2.75, 3.05) is 5.32 Å². The van der Waals surface area contributed by atoms with Crippen LogP contribution in [0.1, 0.15) is 28.2 Å². The maximum Gasteiger partial charge on any atom is 0.346 e. The second kappa shape index (κ2) is 5.19. The number of hydrogen-bond donors (Lipinski definition) is 2. The van der Waals surface area contributed by atoms with E-state index in [9.17, 15) is 9.59 Å². The summed E-state index contributed by atoms with van der Waals surface area (Å²) in [5, 5.41) is 16.0. The van der Waals surface area contributed by atoms with E-state index in [4.69, 9.17) is 5.11 Å². The van der Waals surface area contributed by atoms with Crippen LogP contribution in [0.4, 0.5) is 5.00 Å². The molecule has 19 heavy (non-hydrogen) atoms. The predicted octanol–water partition coefficient (Wildman–Crippen LogP) is 1.55. The highest BCUT2D eigenvalue weighted by Gasteiger charge is 2.18. The summed E-state index contributed by atoms with van der Waals surface area (Å²) in [5.74, 6) is -1.27. The highest BCUT2D eigenvalue weighted by Crippen LogP contribution is 2.27. The van der Waals surface area contributed by atoms with Gasteiger partial charge in [-0.05, 0) is 25.5 Å². The number of carboxylic acid groups (broad SMARTS) is 1. The Kier molecular flexibility index (Phi) is 3.61. The summed E-state index contributed by atoms with van der Waals surface area (Å²) >= 11 is 1.03. The highest BCUT2D eigenvalue weighted by molar-refractivity contribution is 7.18. The Morgan fingerprint density at radius 2 is 2.26 bits per heavy atom. The number of aromatic nitrogens is 3. The zero-order chi connectivity index (χ0) is 14.0. The van der Waals surface area contributed by atoms with Crippen LogP contribution < -0.4 is 5.32 Å². The van der Waals surface area contributed by atoms with Crippen molar-refractivity contribution in [2.24, 2.45) is 0 Å². The molecule has 7 nitrogen and oxygen atoms in total. The lowest BCUT2D eigenvalue weighted by molar-refractivity contribution is -0.119. The number of carbonyl (C=O) groups is 2. The summed E-state index contributed by atoms with van der Waals surface area (Å²) in [5.41, 5.74) is 0.626. The second-order valence-electron chi connectivity index (χ2n) is 3.97. The zero-order valence-electron chi connectivity index (χ0n) is 10.3. The molecule has 1 amide bonds. The molecule has 1 unspecified atom stereocenters. The molecule has 0 fully saturated rings. The first-order valence-corrected chi connectivity index (χ1v) is 6.29. The molecule has 0 saturated carbocycles. The normalized spacial score (nSPS) is 12.1. The van der Waals surface area contributed by atoms with Crippen molar-refractivity contribution in [1.82, 2.24) is 14.8 Å². The van der Waals surface area contributed by atoms with E-state index in [0.29, 0.717) is 10.6 Å². The van der Waals surface area contributed by atoms with Crippen molar-refractivity contribution in [2.45, 2.75) is 19.9 Å². The smallest absolute Gasteiger partial charge is 0.346 e. The molecule has 0 aromatic carbocycles. The largest absolute Gasteiger partial charge is 0.477 e. The van der Waals surface area contributed by atoms with Crippen molar-refractivity contribution in [1.29, 1.82) is 0 Å². The number of aryl methyl sites for hydroxylation is 1. The van der Waals surface area contributed by atoms with Crippen molar-refractivity contribution in [3.8, 4) is 0 Å². The molecule has 0 radical (unpaired) electrons. The van der Waals surface area contributed by atoms with Gasteiger partial charge in [-0.15, -0.1) is 11.3 Å². The van der Waals surface area contributed by atoms with Crippen LogP contribution in [-0.4, -0.2) is 31.7 Å². The molecule has 2 aromatic rings. The van der Waals surface area contributed by atoms with Crippen LogP contribution in [0.25, 0.3) is 0 Å². The van der Waals surface area contributed by atoms with Crippen molar-refractivity contribution in [3.63, 3.8) is 0 Å². The lowest BCUT2D eigenvalue weighted by Crippen LogP contribution is -2.23. The first kappa shape index (κ1) is 13.2. The van der Waals surface area contributed by atoms with Crippen LogP contribution >= 0.6 is 11.3 Å². The zero-order valence-corrected chi connectivity index (χ0v) is 11.1. The van der Waals surface area contributed by atoms with Crippen molar-refractivity contribution >= 4 is 28.2 Å². The van der Waals surface area contributed by atoms with Gasteiger partial charge in [-0.2, -0.15) is 5.10 Å². The van der Waals surface area contributed by atoms with Crippen LogP contribution in [-0.2, 0) is 4.79 Å². The number of anilines is 1. The summed E-state index contributed by atoms with van der Waals surface area (Å²) in [6, 6.07) is 1.12. The maximum atomic E-state index is 12.0. The van der Waals surface area contributed by atoms with E-state index in [1.54, 1.807) is 19.9 Å². The van der Waals surface area contributed by atoms with E-state index in [1.165, 1.54) is 17.3 Å². The van der Waals surface area contributed by atoms with Gasteiger partial charge in [0, 0.05) is 0 Å². The monoisotopic (exact) mass is 280 g/mol. The average Bonchev–Trinajstić information content (AvgIpc) is 2.97. The van der Waals surface area contributed by atoms with Gasteiger partial charge in [0.2, 0.25) is 5.91 Å². The first-order valence-electron chi connectivity index (χ1n) is 5.47. The first-order chi connectivity index (χ1) is 8.99. The van der Waals surface area contributed by atoms with Crippen LogP contribution in [0.5, 0.6) is 0 Å². The fourth-order valence-corrected chi connectivity index (χ4v) is 2.43. The molecule has 2 rings (SSSR count). The van der Waals surface area contributed by atoms with Crippen LogP contribution in [0, 0.1) is 6.92 Å². The summed E-state index contributed by atoms with van der Waals surface area (Å²) in [7, 11) is 0. The number of amides is 1. The van der Waals surface area contributed by atoms with Gasteiger partial charge >= 0.3 is 5.97 Å². The van der Waals surface area contributed by atoms with E-state index in [-0.39, 0.29) is 10.8 Å². The third-order valence-corrected chi connectivity index (χ3v) is 3.71. The molecular formula is C11H12N4O3S. The Labute approximate surface area is 112 Å². The SMILES string of the molecule is Cc1cc(NC(=O)C(C)n2cncn2)sc1C(=O)O. The second-order valence-corrected chi connectivity index (χ2v) is 5.02. The summed E-state index contributed by atoms with van der Waals surface area (Å²) in [6.07, 6.45) is 2.80. The maximum absolute atomic E-state index is 12.0. The van der Waals surface area contributed by atoms with Crippen LogP contribution in [0.15, 0.2) is 18.7 Å². The summed E-state index contributed by atoms with van der Waals surface area (Å²) < 4.78 is 1.42. The van der Waals surface area contributed by atoms with Crippen LogP contribution in [0.2, 0.25) is 0 Å². The van der Waals surface area contributed by atoms with E-state index in [0.717, 1.165) is 11.3 Å². The van der Waals surface area contributed by atoms with Gasteiger partial charge in [-0.1, -0.05) is 0 Å². The van der Waals surface area contributed by atoms with Crippen molar-refractivity contribution in [3.05, 3.63) is 29.2 Å². The molecule has 0 saturated heterocycles. The number of nitrogens with zero attached hydrogens (tertiary/aromatic N) is 3. The molecule has 0 aliphatic rings. The molecular weight excluding hydrogens is 268 g/mol. The molecule has 0 aliphatic heterocycles. The number of aromatic carboxylic acids is 1. The van der Waals surface area contributed by atoms with Gasteiger partial charge in [0.15, 0.2) is 0 Å². The fourth-order valence-electron chi connectivity index (χ4n) is 1.52. The van der Waals surface area contributed by atoms with E-state index in [2.05, 4.69) is 15.4 Å². The lowest BCUT2D eigenvalue weighted by Gasteiger charge is -2.10. The molecule has 100 valence electrons. The lowest BCUT2D eigenvalue weighted by atomic mass is 10.3. The molecule has 1 atom stereocenters. The average molecular weight is 280 g/mol. The Morgan fingerprint density at radius 1 is 1.53 bits per heavy atom. The fraction of sp³-hybridized carbons (Fsp3) is 0.273. The van der Waals surface area contributed by atoms with E-state index < -0.39 is 12.0 Å². The molecule has 0 bridgehead atoms. The van der Waals surface area contributed by atoms with Gasteiger partial charge in [0.25, 0.3) is 0 Å². The minimum atomic E-state index is -0.993. The van der Waals surface area contributed by atoms with Gasteiger partial charge < -0.3 is 10.4 Å². The van der Waals surface area contributed by atoms with Crippen molar-refractivity contribution < 1.29 is 14.7 Å². The van der Waals surface area contributed by atoms with E-state index in [1.807, 2.05) is 0 Å². The number of thiophene rings is 1. The van der Waals surface area contributed by atoms with E-state index >= 15 is 0 Å². The van der Waals surface area contributed by atoms with Gasteiger partial charge in [-0.25, -0.2) is 14.5 Å². The third kappa shape index (κ3) is 2.79. The third-order valence-electron chi connectivity index (χ3n) is 2.57.